The highest BCUT2D eigenvalue weighted by atomic mass is 16.3. The molecule has 3 nitrogen and oxygen atoms in total. The minimum absolute atomic E-state index is 0.0144. The zero-order valence-electron chi connectivity index (χ0n) is 14.2. The molecule has 118 valence electrons. The Bertz CT molecular complexity index is 469. The number of hydrogen-bond donors (Lipinski definition) is 2. The summed E-state index contributed by atoms with van der Waals surface area (Å²) in [6.07, 6.45) is 3.46. The zero-order valence-corrected chi connectivity index (χ0v) is 14.2. The summed E-state index contributed by atoms with van der Waals surface area (Å²) < 4.78 is 0. The summed E-state index contributed by atoms with van der Waals surface area (Å²) in [7, 11) is 0. The van der Waals surface area contributed by atoms with Crippen molar-refractivity contribution in [1.29, 1.82) is 5.41 Å². The molecule has 0 saturated heterocycles. The molecule has 0 bridgehead atoms. The second-order valence-electron chi connectivity index (χ2n) is 6.74. The van der Waals surface area contributed by atoms with Crippen LogP contribution in [0.15, 0.2) is 12.1 Å². The fourth-order valence-corrected chi connectivity index (χ4v) is 2.53. The third-order valence-electron chi connectivity index (χ3n) is 3.71. The Morgan fingerprint density at radius 2 is 1.71 bits per heavy atom. The molecule has 0 fully saturated rings. The Hall–Kier alpha value is -1.35. The predicted molar refractivity (Wildman–Crippen MR) is 90.6 cm³/mol. The summed E-state index contributed by atoms with van der Waals surface area (Å²) >= 11 is 0. The normalized spacial score (nSPS) is 11.9. The number of phenolic OH excluding ortho intramolecular Hbond substituents is 1. The molecular weight excluding hydrogens is 260 g/mol. The molecule has 1 aromatic rings. The lowest BCUT2D eigenvalue weighted by Crippen LogP contribution is -2.25. The predicted octanol–water partition coefficient (Wildman–Crippen LogP) is 4.31. The van der Waals surface area contributed by atoms with Crippen molar-refractivity contribution >= 4 is 6.21 Å². The van der Waals surface area contributed by atoms with Gasteiger partial charge in [-0.3, -0.25) is 4.90 Å². The zero-order chi connectivity index (χ0) is 16.0. The molecule has 0 aliphatic rings. The lowest BCUT2D eigenvalue weighted by Gasteiger charge is -2.25. The molecule has 0 aliphatic heterocycles. The number of phenols is 1. The van der Waals surface area contributed by atoms with Gasteiger partial charge in [0.2, 0.25) is 0 Å². The van der Waals surface area contributed by atoms with E-state index in [4.69, 9.17) is 5.41 Å². The quantitative estimate of drug-likeness (QED) is 0.735. The molecule has 0 saturated carbocycles. The number of nitrogens with one attached hydrogen (secondary N) is 1. The summed E-state index contributed by atoms with van der Waals surface area (Å²) in [4.78, 5) is 2.37. The summed E-state index contributed by atoms with van der Waals surface area (Å²) in [6, 6.07) is 4.02. The van der Waals surface area contributed by atoms with Gasteiger partial charge in [0.15, 0.2) is 0 Å². The average molecular weight is 290 g/mol. The third-order valence-corrected chi connectivity index (χ3v) is 3.71. The SMILES string of the molecule is CCCN(CCC)Cc1cc(C(C)(C)C)cc(C=N)c1O. The highest BCUT2D eigenvalue weighted by molar-refractivity contribution is 5.82. The Kier molecular flexibility index (Phi) is 6.41. The van der Waals surface area contributed by atoms with Gasteiger partial charge in [0, 0.05) is 23.9 Å². The maximum Gasteiger partial charge on any atom is 0.128 e. The fourth-order valence-electron chi connectivity index (χ4n) is 2.53. The van der Waals surface area contributed by atoms with Gasteiger partial charge in [0.05, 0.1) is 0 Å². The van der Waals surface area contributed by atoms with Crippen molar-refractivity contribution in [1.82, 2.24) is 4.90 Å². The largest absolute Gasteiger partial charge is 0.507 e. The topological polar surface area (TPSA) is 47.3 Å². The Morgan fingerprint density at radius 1 is 1.14 bits per heavy atom. The van der Waals surface area contributed by atoms with Crippen LogP contribution in [0.1, 0.15) is 64.2 Å². The van der Waals surface area contributed by atoms with Gasteiger partial charge in [-0.25, -0.2) is 0 Å². The van der Waals surface area contributed by atoms with Crippen molar-refractivity contribution in [3.8, 4) is 5.75 Å². The summed E-state index contributed by atoms with van der Waals surface area (Å²) in [6.45, 7) is 13.7. The van der Waals surface area contributed by atoms with Crippen molar-refractivity contribution in [2.24, 2.45) is 0 Å². The van der Waals surface area contributed by atoms with Gasteiger partial charge in [0.25, 0.3) is 0 Å². The molecule has 3 heteroatoms. The van der Waals surface area contributed by atoms with Gasteiger partial charge in [-0.05, 0) is 43.0 Å². The Morgan fingerprint density at radius 3 is 2.14 bits per heavy atom. The molecular formula is C18H30N2O. The van der Waals surface area contributed by atoms with E-state index in [1.54, 1.807) is 0 Å². The van der Waals surface area contributed by atoms with Crippen LogP contribution in [0.25, 0.3) is 0 Å². The van der Waals surface area contributed by atoms with E-state index in [9.17, 15) is 5.11 Å². The van der Waals surface area contributed by atoms with E-state index in [-0.39, 0.29) is 11.2 Å². The van der Waals surface area contributed by atoms with E-state index >= 15 is 0 Å². The van der Waals surface area contributed by atoms with Crippen molar-refractivity contribution < 1.29 is 5.11 Å². The Balaban J connectivity index is 3.17. The molecule has 1 aromatic carbocycles. The summed E-state index contributed by atoms with van der Waals surface area (Å²) in [5.41, 5.74) is 2.73. The first-order chi connectivity index (χ1) is 9.83. The van der Waals surface area contributed by atoms with Gasteiger partial charge >= 0.3 is 0 Å². The molecule has 0 unspecified atom stereocenters. The van der Waals surface area contributed by atoms with Crippen LogP contribution in [0.3, 0.4) is 0 Å². The lowest BCUT2D eigenvalue weighted by atomic mass is 9.84. The third kappa shape index (κ3) is 4.85. The van der Waals surface area contributed by atoms with Gasteiger partial charge in [-0.1, -0.05) is 40.7 Å². The van der Waals surface area contributed by atoms with E-state index < -0.39 is 0 Å². The van der Waals surface area contributed by atoms with Gasteiger partial charge < -0.3 is 10.5 Å². The highest BCUT2D eigenvalue weighted by Gasteiger charge is 2.19. The Labute approximate surface area is 129 Å². The van der Waals surface area contributed by atoms with Gasteiger partial charge in [-0.2, -0.15) is 0 Å². The maximum absolute atomic E-state index is 10.4. The highest BCUT2D eigenvalue weighted by Crippen LogP contribution is 2.31. The van der Waals surface area contributed by atoms with E-state index in [1.165, 1.54) is 11.8 Å². The van der Waals surface area contributed by atoms with Crippen LogP contribution in [0.5, 0.6) is 5.75 Å². The molecule has 0 aliphatic carbocycles. The number of aromatic hydroxyl groups is 1. The molecule has 0 spiro atoms. The minimum atomic E-state index is 0.0144. The van der Waals surface area contributed by atoms with Gasteiger partial charge in [-0.15, -0.1) is 0 Å². The molecule has 0 aromatic heterocycles. The van der Waals surface area contributed by atoms with Crippen LogP contribution in [-0.2, 0) is 12.0 Å². The van der Waals surface area contributed by atoms with E-state index in [2.05, 4.69) is 45.6 Å². The van der Waals surface area contributed by atoms with Crippen LogP contribution < -0.4 is 0 Å². The summed E-state index contributed by atoms with van der Waals surface area (Å²) in [5, 5.41) is 17.9. The second kappa shape index (κ2) is 7.60. The average Bonchev–Trinajstić information content (AvgIpc) is 2.40. The smallest absolute Gasteiger partial charge is 0.128 e. The van der Waals surface area contributed by atoms with Crippen molar-refractivity contribution in [3.05, 3.63) is 28.8 Å². The van der Waals surface area contributed by atoms with E-state index in [0.29, 0.717) is 5.56 Å². The first-order valence-corrected chi connectivity index (χ1v) is 7.92. The lowest BCUT2D eigenvalue weighted by molar-refractivity contribution is 0.262. The van der Waals surface area contributed by atoms with Crippen LogP contribution in [0, 0.1) is 5.41 Å². The van der Waals surface area contributed by atoms with E-state index in [1.807, 2.05) is 6.07 Å². The first kappa shape index (κ1) is 17.7. The van der Waals surface area contributed by atoms with Crippen LogP contribution in [0.2, 0.25) is 0 Å². The van der Waals surface area contributed by atoms with Crippen molar-refractivity contribution in [2.75, 3.05) is 13.1 Å². The molecule has 1 rings (SSSR count). The van der Waals surface area contributed by atoms with Crippen LogP contribution in [-0.4, -0.2) is 29.3 Å². The molecule has 0 amide bonds. The molecule has 0 heterocycles. The van der Waals surface area contributed by atoms with Crippen LogP contribution in [0.4, 0.5) is 0 Å². The maximum atomic E-state index is 10.4. The first-order valence-electron chi connectivity index (χ1n) is 7.92. The van der Waals surface area contributed by atoms with Crippen molar-refractivity contribution in [3.63, 3.8) is 0 Å². The summed E-state index contributed by atoms with van der Waals surface area (Å²) in [5.74, 6) is 0.259. The number of nitrogens with zero attached hydrogens (tertiary/aromatic N) is 1. The number of rotatable bonds is 7. The fraction of sp³-hybridized carbons (Fsp3) is 0.611. The molecule has 21 heavy (non-hydrogen) atoms. The van der Waals surface area contributed by atoms with Crippen molar-refractivity contribution in [2.45, 2.75) is 59.4 Å². The standard InChI is InChI=1S/C18H30N2O/c1-6-8-20(9-7-2)13-15-11-16(18(3,4)5)10-14(12-19)17(15)21/h10-12,19,21H,6-9,13H2,1-5H3. The van der Waals surface area contributed by atoms with Crippen LogP contribution >= 0.6 is 0 Å². The van der Waals surface area contributed by atoms with E-state index in [0.717, 1.165) is 38.0 Å². The molecule has 0 atom stereocenters. The second-order valence-corrected chi connectivity index (χ2v) is 6.74. The number of hydrogen-bond acceptors (Lipinski definition) is 3. The van der Waals surface area contributed by atoms with Gasteiger partial charge in [0.1, 0.15) is 5.75 Å². The molecule has 0 radical (unpaired) electrons. The number of benzene rings is 1. The molecule has 2 N–H and O–H groups in total. The minimum Gasteiger partial charge on any atom is -0.507 e. The monoisotopic (exact) mass is 290 g/mol.